The molecule has 1 unspecified atom stereocenters. The number of thioether (sulfide) groups is 1. The maximum atomic E-state index is 11.9. The summed E-state index contributed by atoms with van der Waals surface area (Å²) in [7, 11) is 0. The average molecular weight is 230 g/mol. The molecule has 3 N–H and O–H groups in total. The Hall–Kier alpha value is -0.220. The molecule has 0 aromatic rings. The molecule has 1 amide bonds. The zero-order chi connectivity index (χ0) is 11.3. The topological polar surface area (TPSA) is 55.1 Å². The van der Waals surface area contributed by atoms with E-state index in [0.29, 0.717) is 11.8 Å². The highest BCUT2D eigenvalue weighted by Crippen LogP contribution is 2.39. The zero-order valence-corrected chi connectivity index (χ0v) is 10.5. The van der Waals surface area contributed by atoms with Gasteiger partial charge in [0.25, 0.3) is 0 Å². The lowest BCUT2D eigenvalue weighted by molar-refractivity contribution is -0.135. The highest BCUT2D eigenvalue weighted by Gasteiger charge is 2.42. The van der Waals surface area contributed by atoms with Crippen LogP contribution in [0, 0.1) is 5.41 Å². The van der Waals surface area contributed by atoms with Crippen LogP contribution in [0.15, 0.2) is 0 Å². The third-order valence-corrected chi connectivity index (χ3v) is 4.46. The number of hydrogen-bond acceptors (Lipinski definition) is 3. The summed E-state index contributed by atoms with van der Waals surface area (Å²) in [5.74, 6) is 0.171. The van der Waals surface area contributed by atoms with Gasteiger partial charge in [0.05, 0.1) is 5.41 Å². The molecule has 4 heteroatoms. The first-order valence-corrected chi connectivity index (χ1v) is 6.94. The minimum Gasteiger partial charge on any atom is -0.356 e. The molecule has 0 spiro atoms. The molecule has 15 heavy (non-hydrogen) atoms. The molecule has 1 rings (SSSR count). The van der Waals surface area contributed by atoms with E-state index in [4.69, 9.17) is 5.73 Å². The van der Waals surface area contributed by atoms with Crippen LogP contribution in [0.3, 0.4) is 0 Å². The highest BCUT2D eigenvalue weighted by molar-refractivity contribution is 7.99. The standard InChI is InChI=1S/C11H22N2OS/c1-9(15-2)4-7-13-10(14)11(8-12)5-3-6-11/h9H,3-8,12H2,1-2H3,(H,13,14). The van der Waals surface area contributed by atoms with Crippen LogP contribution in [0.2, 0.25) is 0 Å². The van der Waals surface area contributed by atoms with Gasteiger partial charge in [-0.05, 0) is 25.5 Å². The summed E-state index contributed by atoms with van der Waals surface area (Å²) in [4.78, 5) is 11.9. The number of nitrogens with two attached hydrogens (primary N) is 1. The third-order valence-electron chi connectivity index (χ3n) is 3.42. The predicted octanol–water partition coefficient (Wildman–Crippen LogP) is 1.37. The fraction of sp³-hybridized carbons (Fsp3) is 0.909. The van der Waals surface area contributed by atoms with Crippen LogP contribution in [0.25, 0.3) is 0 Å². The van der Waals surface area contributed by atoms with E-state index in [0.717, 1.165) is 32.2 Å². The Morgan fingerprint density at radius 3 is 2.67 bits per heavy atom. The summed E-state index contributed by atoms with van der Waals surface area (Å²) in [6.07, 6.45) is 6.21. The monoisotopic (exact) mass is 230 g/mol. The molecular weight excluding hydrogens is 208 g/mol. The van der Waals surface area contributed by atoms with Crippen molar-refractivity contribution in [1.82, 2.24) is 5.32 Å². The van der Waals surface area contributed by atoms with Crippen LogP contribution in [-0.4, -0.2) is 30.5 Å². The first-order chi connectivity index (χ1) is 7.14. The Kier molecular flexibility index (Phi) is 4.93. The summed E-state index contributed by atoms with van der Waals surface area (Å²) in [5.41, 5.74) is 5.44. The molecule has 0 heterocycles. The van der Waals surface area contributed by atoms with Crippen LogP contribution >= 0.6 is 11.8 Å². The highest BCUT2D eigenvalue weighted by atomic mass is 32.2. The maximum absolute atomic E-state index is 11.9. The number of nitrogens with one attached hydrogen (secondary N) is 1. The number of rotatable bonds is 6. The lowest BCUT2D eigenvalue weighted by Gasteiger charge is -2.39. The van der Waals surface area contributed by atoms with E-state index in [1.54, 1.807) is 0 Å². The van der Waals surface area contributed by atoms with E-state index in [1.807, 2.05) is 11.8 Å². The predicted molar refractivity (Wildman–Crippen MR) is 65.9 cm³/mol. The Labute approximate surface area is 96.6 Å². The second kappa shape index (κ2) is 5.75. The molecule has 3 nitrogen and oxygen atoms in total. The van der Waals surface area contributed by atoms with Gasteiger partial charge in [0.2, 0.25) is 5.91 Å². The fourth-order valence-corrected chi connectivity index (χ4v) is 2.18. The molecular formula is C11H22N2OS. The second-order valence-electron chi connectivity index (χ2n) is 4.43. The molecule has 0 aliphatic heterocycles. The van der Waals surface area contributed by atoms with Crippen LogP contribution in [-0.2, 0) is 4.79 Å². The van der Waals surface area contributed by atoms with Crippen molar-refractivity contribution < 1.29 is 4.79 Å². The quantitative estimate of drug-likeness (QED) is 0.724. The normalized spacial score (nSPS) is 20.5. The number of carbonyl (C=O) groups is 1. The average Bonchev–Trinajstić information content (AvgIpc) is 2.16. The smallest absolute Gasteiger partial charge is 0.227 e. The second-order valence-corrected chi connectivity index (χ2v) is 5.71. The van der Waals surface area contributed by atoms with E-state index >= 15 is 0 Å². The number of hydrogen-bond donors (Lipinski definition) is 2. The molecule has 0 saturated heterocycles. The van der Waals surface area contributed by atoms with Crippen molar-refractivity contribution in [3.63, 3.8) is 0 Å². The Morgan fingerprint density at radius 1 is 1.60 bits per heavy atom. The van der Waals surface area contributed by atoms with Gasteiger partial charge in [-0.2, -0.15) is 11.8 Å². The molecule has 0 bridgehead atoms. The van der Waals surface area contributed by atoms with Crippen LogP contribution in [0.5, 0.6) is 0 Å². The van der Waals surface area contributed by atoms with E-state index in [2.05, 4.69) is 18.5 Å². The number of carbonyl (C=O) groups excluding carboxylic acids is 1. The van der Waals surface area contributed by atoms with Crippen molar-refractivity contribution >= 4 is 17.7 Å². The minimum absolute atomic E-state index is 0.171. The summed E-state index contributed by atoms with van der Waals surface area (Å²) >= 11 is 1.83. The summed E-state index contributed by atoms with van der Waals surface area (Å²) < 4.78 is 0. The molecule has 0 radical (unpaired) electrons. The van der Waals surface area contributed by atoms with Crippen molar-refractivity contribution in [1.29, 1.82) is 0 Å². The van der Waals surface area contributed by atoms with Crippen LogP contribution < -0.4 is 11.1 Å². The minimum atomic E-state index is -0.220. The van der Waals surface area contributed by atoms with Crippen molar-refractivity contribution in [3.8, 4) is 0 Å². The Morgan fingerprint density at radius 2 is 2.27 bits per heavy atom. The van der Waals surface area contributed by atoms with E-state index in [1.165, 1.54) is 0 Å². The molecule has 88 valence electrons. The van der Waals surface area contributed by atoms with E-state index in [-0.39, 0.29) is 11.3 Å². The van der Waals surface area contributed by atoms with Crippen molar-refractivity contribution in [2.24, 2.45) is 11.1 Å². The van der Waals surface area contributed by atoms with E-state index < -0.39 is 0 Å². The maximum Gasteiger partial charge on any atom is 0.227 e. The molecule has 1 aliphatic rings. The van der Waals surface area contributed by atoms with Gasteiger partial charge in [0.15, 0.2) is 0 Å². The van der Waals surface area contributed by atoms with Gasteiger partial charge in [-0.25, -0.2) is 0 Å². The van der Waals surface area contributed by atoms with E-state index in [9.17, 15) is 4.79 Å². The zero-order valence-electron chi connectivity index (χ0n) is 9.71. The molecule has 1 saturated carbocycles. The van der Waals surface area contributed by atoms with Gasteiger partial charge in [-0.3, -0.25) is 4.79 Å². The number of amides is 1. The molecule has 1 atom stereocenters. The third kappa shape index (κ3) is 3.11. The first kappa shape index (κ1) is 12.8. The Balaban J connectivity index is 2.23. The first-order valence-electron chi connectivity index (χ1n) is 5.66. The molecule has 1 fully saturated rings. The van der Waals surface area contributed by atoms with Gasteiger partial charge >= 0.3 is 0 Å². The molecule has 1 aliphatic carbocycles. The summed E-state index contributed by atoms with van der Waals surface area (Å²) in [6, 6.07) is 0. The van der Waals surface area contributed by atoms with Crippen LogP contribution in [0.1, 0.15) is 32.6 Å². The fourth-order valence-electron chi connectivity index (χ4n) is 1.82. The van der Waals surface area contributed by atoms with Crippen molar-refractivity contribution in [2.75, 3.05) is 19.3 Å². The Bertz CT molecular complexity index is 211. The van der Waals surface area contributed by atoms with Gasteiger partial charge in [0, 0.05) is 18.3 Å². The molecule has 0 aromatic heterocycles. The van der Waals surface area contributed by atoms with Gasteiger partial charge in [-0.15, -0.1) is 0 Å². The lowest BCUT2D eigenvalue weighted by atomic mass is 9.68. The lowest BCUT2D eigenvalue weighted by Crippen LogP contribution is -2.50. The SMILES string of the molecule is CSC(C)CCNC(=O)C1(CN)CCC1. The van der Waals surface area contributed by atoms with Crippen molar-refractivity contribution in [2.45, 2.75) is 37.9 Å². The summed E-state index contributed by atoms with van der Waals surface area (Å²) in [6.45, 7) is 3.46. The van der Waals surface area contributed by atoms with Crippen LogP contribution in [0.4, 0.5) is 0 Å². The van der Waals surface area contributed by atoms with Crippen molar-refractivity contribution in [3.05, 3.63) is 0 Å². The molecule has 0 aromatic carbocycles. The largest absolute Gasteiger partial charge is 0.356 e. The van der Waals surface area contributed by atoms with Gasteiger partial charge < -0.3 is 11.1 Å². The van der Waals surface area contributed by atoms with Gasteiger partial charge in [-0.1, -0.05) is 13.3 Å². The summed E-state index contributed by atoms with van der Waals surface area (Å²) in [5, 5.41) is 3.62. The van der Waals surface area contributed by atoms with Gasteiger partial charge in [0.1, 0.15) is 0 Å².